The summed E-state index contributed by atoms with van der Waals surface area (Å²) in [6.07, 6.45) is 0.833. The van der Waals surface area contributed by atoms with Crippen LogP contribution < -0.4 is 0 Å². The zero-order chi connectivity index (χ0) is 17.1. The highest BCUT2D eigenvalue weighted by atomic mass is 32.1. The molecule has 3 aromatic rings. The van der Waals surface area contributed by atoms with E-state index in [2.05, 4.69) is 36.2 Å². The van der Waals surface area contributed by atoms with E-state index in [4.69, 9.17) is 4.74 Å². The summed E-state index contributed by atoms with van der Waals surface area (Å²) < 4.78 is 4.97. The van der Waals surface area contributed by atoms with Crippen LogP contribution in [0.2, 0.25) is 0 Å². The number of aromatic amines is 1. The highest BCUT2D eigenvalue weighted by molar-refractivity contribution is 7.13. The number of rotatable bonds is 6. The molecule has 1 N–H and O–H groups in total. The van der Waals surface area contributed by atoms with E-state index in [1.54, 1.807) is 11.3 Å². The Morgan fingerprint density at radius 1 is 1.25 bits per heavy atom. The first-order chi connectivity index (χ1) is 11.5. The molecular formula is C19H19NO3S. The summed E-state index contributed by atoms with van der Waals surface area (Å²) in [4.78, 5) is 27.4. The minimum absolute atomic E-state index is 0.148. The molecule has 4 nitrogen and oxygen atoms in total. The highest BCUT2D eigenvalue weighted by Crippen LogP contribution is 2.34. The van der Waals surface area contributed by atoms with Crippen LogP contribution >= 0.6 is 11.3 Å². The van der Waals surface area contributed by atoms with E-state index in [1.807, 2.05) is 11.4 Å². The minimum Gasteiger partial charge on any atom is -0.458 e. The summed E-state index contributed by atoms with van der Waals surface area (Å²) in [7, 11) is 0. The number of hydrogen-bond donors (Lipinski definition) is 1. The number of aryl methyl sites for hydroxylation is 2. The van der Waals surface area contributed by atoms with Crippen molar-refractivity contribution in [3.8, 4) is 10.6 Å². The predicted octanol–water partition coefficient (Wildman–Crippen LogP) is 4.27. The van der Waals surface area contributed by atoms with E-state index in [-0.39, 0.29) is 24.8 Å². The van der Waals surface area contributed by atoms with Crippen LogP contribution in [0.1, 0.15) is 24.5 Å². The second-order valence-electron chi connectivity index (χ2n) is 5.87. The van der Waals surface area contributed by atoms with Gasteiger partial charge in [-0.2, -0.15) is 0 Å². The van der Waals surface area contributed by atoms with Crippen molar-refractivity contribution in [3.05, 3.63) is 46.8 Å². The number of carbonyl (C=O) groups excluding carboxylic acids is 2. The molecule has 24 heavy (non-hydrogen) atoms. The molecule has 0 unspecified atom stereocenters. The topological polar surface area (TPSA) is 59.2 Å². The van der Waals surface area contributed by atoms with Crippen molar-refractivity contribution >= 4 is 34.0 Å². The van der Waals surface area contributed by atoms with E-state index >= 15 is 0 Å². The van der Waals surface area contributed by atoms with Crippen LogP contribution in [-0.4, -0.2) is 23.3 Å². The summed E-state index contributed by atoms with van der Waals surface area (Å²) in [5.74, 6) is -0.491. The van der Waals surface area contributed by atoms with Crippen molar-refractivity contribution in [1.29, 1.82) is 0 Å². The maximum absolute atomic E-state index is 11.9. The molecule has 2 heterocycles. The lowest BCUT2D eigenvalue weighted by molar-refractivity contribution is -0.147. The Balaban J connectivity index is 1.90. The third-order valence-electron chi connectivity index (χ3n) is 3.84. The fourth-order valence-corrected chi connectivity index (χ4v) is 3.49. The van der Waals surface area contributed by atoms with Crippen molar-refractivity contribution in [2.24, 2.45) is 0 Å². The number of fused-ring (bicyclic) bond motifs is 1. The number of thiophene rings is 1. The number of H-pyrrole nitrogens is 1. The van der Waals surface area contributed by atoms with Crippen LogP contribution in [0, 0.1) is 6.92 Å². The van der Waals surface area contributed by atoms with E-state index in [9.17, 15) is 9.59 Å². The first-order valence-electron chi connectivity index (χ1n) is 7.84. The second kappa shape index (κ2) is 7.01. The molecule has 0 aliphatic rings. The summed E-state index contributed by atoms with van der Waals surface area (Å²) in [6.45, 7) is 3.32. The predicted molar refractivity (Wildman–Crippen MR) is 96.3 cm³/mol. The number of ketones is 1. The lowest BCUT2D eigenvalue weighted by atomic mass is 10.0. The van der Waals surface area contributed by atoms with Crippen LogP contribution in [0.3, 0.4) is 0 Å². The summed E-state index contributed by atoms with van der Waals surface area (Å²) in [6, 6.07) is 10.4. The van der Waals surface area contributed by atoms with Crippen LogP contribution in [0.15, 0.2) is 35.7 Å². The number of esters is 1. The van der Waals surface area contributed by atoms with Crippen LogP contribution in [0.5, 0.6) is 0 Å². The van der Waals surface area contributed by atoms with Gasteiger partial charge in [-0.05, 0) is 49.4 Å². The van der Waals surface area contributed by atoms with Gasteiger partial charge in [0.15, 0.2) is 5.78 Å². The van der Waals surface area contributed by atoms with Crippen LogP contribution in [0.25, 0.3) is 21.5 Å². The van der Waals surface area contributed by atoms with Crippen LogP contribution in [0.4, 0.5) is 0 Å². The molecular weight excluding hydrogens is 322 g/mol. The molecule has 0 aliphatic heterocycles. The Labute approximate surface area is 144 Å². The van der Waals surface area contributed by atoms with Crippen molar-refractivity contribution in [2.75, 3.05) is 6.61 Å². The number of nitrogens with one attached hydrogen (secondary N) is 1. The monoisotopic (exact) mass is 341 g/mol. The van der Waals surface area contributed by atoms with Crippen molar-refractivity contribution < 1.29 is 14.3 Å². The Hall–Kier alpha value is -2.40. The largest absolute Gasteiger partial charge is 0.458 e. The molecule has 1 aromatic carbocycles. The average molecular weight is 341 g/mol. The average Bonchev–Trinajstić information content (AvgIpc) is 3.18. The SMILES string of the molecule is CC(=O)COC(=O)CCc1c(-c2cccs2)[nH]c2ccc(C)cc12. The van der Waals surface area contributed by atoms with Gasteiger partial charge in [0.1, 0.15) is 6.61 Å². The molecule has 0 atom stereocenters. The van der Waals surface area contributed by atoms with Gasteiger partial charge in [0.25, 0.3) is 0 Å². The minimum atomic E-state index is -0.343. The second-order valence-corrected chi connectivity index (χ2v) is 6.82. The van der Waals surface area contributed by atoms with Gasteiger partial charge in [-0.1, -0.05) is 17.7 Å². The number of aromatic nitrogens is 1. The Morgan fingerprint density at radius 2 is 2.08 bits per heavy atom. The van der Waals surface area contributed by atoms with Crippen molar-refractivity contribution in [3.63, 3.8) is 0 Å². The number of ether oxygens (including phenoxy) is 1. The molecule has 0 bridgehead atoms. The molecule has 124 valence electrons. The first-order valence-corrected chi connectivity index (χ1v) is 8.72. The lowest BCUT2D eigenvalue weighted by Gasteiger charge is -2.05. The molecule has 0 radical (unpaired) electrons. The number of hydrogen-bond acceptors (Lipinski definition) is 4. The fraction of sp³-hybridized carbons (Fsp3) is 0.263. The van der Waals surface area contributed by atoms with Crippen LogP contribution in [-0.2, 0) is 20.7 Å². The molecule has 0 aliphatic carbocycles. The van der Waals surface area contributed by atoms with Gasteiger partial charge in [-0.15, -0.1) is 11.3 Å². The van der Waals surface area contributed by atoms with Crippen molar-refractivity contribution in [1.82, 2.24) is 4.98 Å². The standard InChI is InChI=1S/C19H19NO3S/c1-12-5-7-16-15(10-12)14(6-8-18(22)23-11-13(2)21)19(20-16)17-4-3-9-24-17/h3-5,7,9-10,20H,6,8,11H2,1-2H3. The maximum atomic E-state index is 11.9. The smallest absolute Gasteiger partial charge is 0.306 e. The highest BCUT2D eigenvalue weighted by Gasteiger charge is 2.16. The molecule has 2 aromatic heterocycles. The molecule has 5 heteroatoms. The Bertz CT molecular complexity index is 878. The number of benzene rings is 1. The van der Waals surface area contributed by atoms with Crippen molar-refractivity contribution in [2.45, 2.75) is 26.7 Å². The van der Waals surface area contributed by atoms with Gasteiger partial charge in [-0.25, -0.2) is 0 Å². The zero-order valence-corrected chi connectivity index (χ0v) is 14.5. The zero-order valence-electron chi connectivity index (χ0n) is 13.7. The summed E-state index contributed by atoms with van der Waals surface area (Å²) in [5, 5.41) is 3.18. The number of Topliss-reactive ketones (excluding diaryl/α,β-unsaturated/α-hetero) is 1. The van der Waals surface area contributed by atoms with E-state index in [1.165, 1.54) is 12.5 Å². The fourth-order valence-electron chi connectivity index (χ4n) is 2.73. The van der Waals surface area contributed by atoms with Gasteiger partial charge in [0, 0.05) is 17.3 Å². The van der Waals surface area contributed by atoms with Gasteiger partial charge < -0.3 is 9.72 Å². The quantitative estimate of drug-likeness (QED) is 0.681. The Morgan fingerprint density at radius 3 is 2.79 bits per heavy atom. The van der Waals surface area contributed by atoms with E-state index in [0.717, 1.165) is 27.0 Å². The molecule has 0 spiro atoms. The summed E-state index contributed by atoms with van der Waals surface area (Å²) in [5.41, 5.74) is 4.43. The molecule has 0 saturated heterocycles. The molecule has 3 rings (SSSR count). The third-order valence-corrected chi connectivity index (χ3v) is 4.73. The van der Waals surface area contributed by atoms with Gasteiger partial charge in [0.05, 0.1) is 10.6 Å². The Kier molecular flexibility index (Phi) is 4.81. The first kappa shape index (κ1) is 16.5. The van der Waals surface area contributed by atoms with Gasteiger partial charge >= 0.3 is 5.97 Å². The lowest BCUT2D eigenvalue weighted by Crippen LogP contribution is -2.11. The summed E-state index contributed by atoms with van der Waals surface area (Å²) >= 11 is 1.67. The van der Waals surface area contributed by atoms with Gasteiger partial charge in [-0.3, -0.25) is 9.59 Å². The van der Waals surface area contributed by atoms with E-state index in [0.29, 0.717) is 6.42 Å². The normalized spacial score (nSPS) is 10.9. The molecule has 0 saturated carbocycles. The molecule has 0 amide bonds. The number of carbonyl (C=O) groups is 2. The maximum Gasteiger partial charge on any atom is 0.306 e. The van der Waals surface area contributed by atoms with E-state index < -0.39 is 0 Å². The molecule has 0 fully saturated rings. The van der Waals surface area contributed by atoms with Gasteiger partial charge in [0.2, 0.25) is 0 Å². The third kappa shape index (κ3) is 3.57.